The summed E-state index contributed by atoms with van der Waals surface area (Å²) in [5.74, 6) is -1.04. The fourth-order valence-electron chi connectivity index (χ4n) is 1.69. The maximum Gasteiger partial charge on any atom is 0.416 e. The molecular weight excluding hydrogens is 261 g/mol. The van der Waals surface area contributed by atoms with Gasteiger partial charge in [-0.1, -0.05) is 12.1 Å². The number of aromatic nitrogens is 2. The normalized spacial score (nSPS) is 11.5. The molecule has 7 heteroatoms. The van der Waals surface area contributed by atoms with Gasteiger partial charge in [-0.05, 0) is 17.7 Å². The van der Waals surface area contributed by atoms with Gasteiger partial charge < -0.3 is 5.11 Å². The number of aliphatic carboxylic acids is 1. The van der Waals surface area contributed by atoms with Gasteiger partial charge in [0, 0.05) is 5.56 Å². The van der Waals surface area contributed by atoms with Crippen LogP contribution in [0.2, 0.25) is 0 Å². The van der Waals surface area contributed by atoms with Crippen LogP contribution in [0.4, 0.5) is 13.2 Å². The molecule has 0 spiro atoms. The Morgan fingerprint density at radius 3 is 2.42 bits per heavy atom. The van der Waals surface area contributed by atoms with Gasteiger partial charge in [-0.3, -0.25) is 9.89 Å². The van der Waals surface area contributed by atoms with Crippen LogP contribution < -0.4 is 0 Å². The van der Waals surface area contributed by atoms with E-state index in [1.165, 1.54) is 18.3 Å². The van der Waals surface area contributed by atoms with Crippen molar-refractivity contribution in [3.05, 3.63) is 41.7 Å². The molecule has 1 heterocycles. The molecule has 0 saturated carbocycles. The smallest absolute Gasteiger partial charge is 0.416 e. The molecule has 0 amide bonds. The van der Waals surface area contributed by atoms with Gasteiger partial charge in [0.05, 0.1) is 23.9 Å². The summed E-state index contributed by atoms with van der Waals surface area (Å²) in [6, 6.07) is 4.48. The molecule has 0 aliphatic carbocycles. The average Bonchev–Trinajstić information content (AvgIpc) is 2.75. The van der Waals surface area contributed by atoms with Crippen LogP contribution in [-0.4, -0.2) is 21.3 Å². The molecule has 2 rings (SSSR count). The topological polar surface area (TPSA) is 66.0 Å². The number of hydrogen-bond acceptors (Lipinski definition) is 2. The standard InChI is InChI=1S/C12H9F3N2O2/c13-12(14,15)8-3-1-7(2-4-8)9-6-16-17-10(9)5-11(18)19/h1-4,6H,5H2,(H,16,17)(H,18,19). The second-order valence-corrected chi connectivity index (χ2v) is 3.91. The third-order valence-corrected chi connectivity index (χ3v) is 2.57. The highest BCUT2D eigenvalue weighted by atomic mass is 19.4. The molecule has 1 aromatic heterocycles. The van der Waals surface area contributed by atoms with Crippen LogP contribution in [-0.2, 0) is 17.4 Å². The lowest BCUT2D eigenvalue weighted by atomic mass is 10.0. The monoisotopic (exact) mass is 270 g/mol. The summed E-state index contributed by atoms with van der Waals surface area (Å²) in [5, 5.41) is 15.0. The molecule has 0 unspecified atom stereocenters. The van der Waals surface area contributed by atoms with Crippen molar-refractivity contribution in [3.63, 3.8) is 0 Å². The molecule has 19 heavy (non-hydrogen) atoms. The summed E-state index contributed by atoms with van der Waals surface area (Å²) in [6.07, 6.45) is -3.27. The highest BCUT2D eigenvalue weighted by Gasteiger charge is 2.30. The number of carboxylic acids is 1. The van der Waals surface area contributed by atoms with E-state index in [0.29, 0.717) is 16.8 Å². The van der Waals surface area contributed by atoms with Crippen molar-refractivity contribution in [2.45, 2.75) is 12.6 Å². The van der Waals surface area contributed by atoms with Crippen LogP contribution in [0.1, 0.15) is 11.3 Å². The van der Waals surface area contributed by atoms with Crippen molar-refractivity contribution in [1.29, 1.82) is 0 Å². The molecule has 0 aliphatic rings. The Balaban J connectivity index is 2.33. The lowest BCUT2D eigenvalue weighted by molar-refractivity contribution is -0.138. The third kappa shape index (κ3) is 2.93. The second kappa shape index (κ2) is 4.75. The molecule has 0 radical (unpaired) electrons. The third-order valence-electron chi connectivity index (χ3n) is 2.57. The Hall–Kier alpha value is -2.31. The molecule has 100 valence electrons. The van der Waals surface area contributed by atoms with Gasteiger partial charge in [0.1, 0.15) is 0 Å². The highest BCUT2D eigenvalue weighted by Crippen LogP contribution is 2.31. The van der Waals surface area contributed by atoms with E-state index in [4.69, 9.17) is 5.11 Å². The number of carbonyl (C=O) groups is 1. The summed E-state index contributed by atoms with van der Waals surface area (Å²) < 4.78 is 37.3. The fourth-order valence-corrected chi connectivity index (χ4v) is 1.69. The number of rotatable bonds is 3. The first-order valence-electron chi connectivity index (χ1n) is 5.29. The Bertz CT molecular complexity index is 588. The van der Waals surface area contributed by atoms with E-state index >= 15 is 0 Å². The molecule has 0 saturated heterocycles. The number of nitrogens with one attached hydrogen (secondary N) is 1. The predicted molar refractivity (Wildman–Crippen MR) is 60.4 cm³/mol. The van der Waals surface area contributed by atoms with Crippen molar-refractivity contribution in [2.75, 3.05) is 0 Å². The quantitative estimate of drug-likeness (QED) is 0.901. The van der Waals surface area contributed by atoms with Gasteiger partial charge in [0.25, 0.3) is 0 Å². The van der Waals surface area contributed by atoms with Crippen LogP contribution in [0.25, 0.3) is 11.1 Å². The molecule has 0 bridgehead atoms. The highest BCUT2D eigenvalue weighted by molar-refractivity contribution is 5.75. The largest absolute Gasteiger partial charge is 0.481 e. The first-order chi connectivity index (χ1) is 8.88. The number of halogens is 3. The number of carboxylic acid groups (broad SMARTS) is 1. The predicted octanol–water partition coefficient (Wildman–Crippen LogP) is 2.72. The molecular formula is C12H9F3N2O2. The molecule has 2 aromatic rings. The van der Waals surface area contributed by atoms with E-state index in [1.807, 2.05) is 0 Å². The number of nitrogens with zero attached hydrogens (tertiary/aromatic N) is 1. The number of aromatic amines is 1. The molecule has 2 N–H and O–H groups in total. The Morgan fingerprint density at radius 1 is 1.26 bits per heavy atom. The minimum Gasteiger partial charge on any atom is -0.481 e. The number of benzene rings is 1. The van der Waals surface area contributed by atoms with E-state index in [2.05, 4.69) is 10.2 Å². The van der Waals surface area contributed by atoms with Crippen molar-refractivity contribution in [2.24, 2.45) is 0 Å². The van der Waals surface area contributed by atoms with E-state index in [1.54, 1.807) is 0 Å². The first kappa shape index (κ1) is 13.1. The minimum absolute atomic E-state index is 0.268. The SMILES string of the molecule is O=C(O)Cc1[nH]ncc1-c1ccc(C(F)(F)F)cc1. The lowest BCUT2D eigenvalue weighted by Gasteiger charge is -2.07. The summed E-state index contributed by atoms with van der Waals surface area (Å²) in [5.41, 5.74) is 0.570. The van der Waals surface area contributed by atoms with E-state index in [0.717, 1.165) is 12.1 Å². The van der Waals surface area contributed by atoms with Gasteiger partial charge in [-0.2, -0.15) is 18.3 Å². The summed E-state index contributed by atoms with van der Waals surface area (Å²) in [6.45, 7) is 0. The van der Waals surface area contributed by atoms with E-state index in [9.17, 15) is 18.0 Å². The van der Waals surface area contributed by atoms with Crippen LogP contribution in [0.5, 0.6) is 0 Å². The van der Waals surface area contributed by atoms with Crippen LogP contribution in [0, 0.1) is 0 Å². The van der Waals surface area contributed by atoms with Crippen LogP contribution >= 0.6 is 0 Å². The second-order valence-electron chi connectivity index (χ2n) is 3.91. The van der Waals surface area contributed by atoms with Crippen LogP contribution in [0.3, 0.4) is 0 Å². The minimum atomic E-state index is -4.39. The Morgan fingerprint density at radius 2 is 1.89 bits per heavy atom. The van der Waals surface area contributed by atoms with E-state index in [-0.39, 0.29) is 6.42 Å². The molecule has 0 aliphatic heterocycles. The summed E-state index contributed by atoms with van der Waals surface area (Å²) in [7, 11) is 0. The summed E-state index contributed by atoms with van der Waals surface area (Å²) >= 11 is 0. The first-order valence-corrected chi connectivity index (χ1v) is 5.29. The van der Waals surface area contributed by atoms with Gasteiger partial charge in [-0.15, -0.1) is 0 Å². The maximum atomic E-state index is 12.4. The zero-order valence-electron chi connectivity index (χ0n) is 9.53. The van der Waals surface area contributed by atoms with Crippen molar-refractivity contribution in [1.82, 2.24) is 10.2 Å². The van der Waals surface area contributed by atoms with Crippen molar-refractivity contribution < 1.29 is 23.1 Å². The lowest BCUT2D eigenvalue weighted by Crippen LogP contribution is -2.04. The summed E-state index contributed by atoms with van der Waals surface area (Å²) in [4.78, 5) is 10.6. The number of H-pyrrole nitrogens is 1. The van der Waals surface area contributed by atoms with Gasteiger partial charge in [0.15, 0.2) is 0 Å². The number of hydrogen-bond donors (Lipinski definition) is 2. The number of alkyl halides is 3. The fraction of sp³-hybridized carbons (Fsp3) is 0.167. The van der Waals surface area contributed by atoms with Gasteiger partial charge >= 0.3 is 12.1 Å². The Kier molecular flexibility index (Phi) is 3.28. The van der Waals surface area contributed by atoms with Crippen molar-refractivity contribution >= 4 is 5.97 Å². The zero-order valence-corrected chi connectivity index (χ0v) is 9.53. The maximum absolute atomic E-state index is 12.4. The van der Waals surface area contributed by atoms with Gasteiger partial charge in [-0.25, -0.2) is 0 Å². The van der Waals surface area contributed by atoms with Gasteiger partial charge in [0.2, 0.25) is 0 Å². The molecule has 0 atom stereocenters. The Labute approximate surface area is 105 Å². The van der Waals surface area contributed by atoms with E-state index < -0.39 is 17.7 Å². The zero-order chi connectivity index (χ0) is 14.0. The van der Waals surface area contributed by atoms with Crippen LogP contribution in [0.15, 0.2) is 30.5 Å². The molecule has 0 fully saturated rings. The molecule has 4 nitrogen and oxygen atoms in total. The molecule has 1 aromatic carbocycles. The average molecular weight is 270 g/mol. The van der Waals surface area contributed by atoms with Crippen molar-refractivity contribution in [3.8, 4) is 11.1 Å².